The fourth-order valence-electron chi connectivity index (χ4n) is 2.14. The Hall–Kier alpha value is -1.07. The van der Waals surface area contributed by atoms with Crippen molar-refractivity contribution in [1.29, 1.82) is 0 Å². The summed E-state index contributed by atoms with van der Waals surface area (Å²) in [6.07, 6.45) is 1.30. The molecule has 0 saturated carbocycles. The van der Waals surface area contributed by atoms with Gasteiger partial charge < -0.3 is 5.32 Å². The molecule has 2 rings (SSSR count). The second-order valence-electron chi connectivity index (χ2n) is 4.89. The van der Waals surface area contributed by atoms with E-state index in [2.05, 4.69) is 5.32 Å². The smallest absolute Gasteiger partial charge is 0.251 e. The van der Waals surface area contributed by atoms with E-state index in [1.807, 2.05) is 6.92 Å². The summed E-state index contributed by atoms with van der Waals surface area (Å²) in [7, 11) is -3.02. The Labute approximate surface area is 118 Å². The molecular formula is C13H16ClNO3S. The van der Waals surface area contributed by atoms with Crippen molar-refractivity contribution in [2.75, 3.05) is 11.5 Å². The first-order valence-corrected chi connectivity index (χ1v) is 8.35. The first-order chi connectivity index (χ1) is 8.87. The molecule has 1 heterocycles. The number of carbonyl (C=O) groups is 1. The third kappa shape index (κ3) is 3.70. The summed E-state index contributed by atoms with van der Waals surface area (Å²) < 4.78 is 23.0. The fourth-order valence-corrected chi connectivity index (χ4v) is 3.96. The number of carbonyl (C=O) groups excluding carboxylic acids is 1. The summed E-state index contributed by atoms with van der Waals surface area (Å²) >= 11 is 5.97. The number of aryl methyl sites for hydroxylation is 1. The normalized spacial score (nSPS) is 21.9. The van der Waals surface area contributed by atoms with E-state index in [4.69, 9.17) is 11.6 Å². The van der Waals surface area contributed by atoms with E-state index in [1.165, 1.54) is 0 Å². The van der Waals surface area contributed by atoms with Gasteiger partial charge in [0.1, 0.15) is 0 Å². The second kappa shape index (κ2) is 5.51. The van der Waals surface area contributed by atoms with Gasteiger partial charge in [-0.1, -0.05) is 17.7 Å². The molecule has 104 valence electrons. The Morgan fingerprint density at radius 3 is 2.79 bits per heavy atom. The van der Waals surface area contributed by atoms with Gasteiger partial charge in [0, 0.05) is 16.6 Å². The van der Waals surface area contributed by atoms with E-state index in [0.717, 1.165) is 5.56 Å². The molecule has 0 aliphatic carbocycles. The summed E-state index contributed by atoms with van der Waals surface area (Å²) in [5.41, 5.74) is 1.36. The Morgan fingerprint density at radius 2 is 2.16 bits per heavy atom. The highest BCUT2D eigenvalue weighted by Gasteiger charge is 2.26. The van der Waals surface area contributed by atoms with Crippen molar-refractivity contribution in [3.05, 3.63) is 34.3 Å². The maximum atomic E-state index is 12.0. The molecule has 0 unspecified atom stereocenters. The van der Waals surface area contributed by atoms with Crippen LogP contribution in [0.5, 0.6) is 0 Å². The summed E-state index contributed by atoms with van der Waals surface area (Å²) in [5, 5.41) is 3.29. The van der Waals surface area contributed by atoms with Crippen LogP contribution in [0, 0.1) is 6.92 Å². The monoisotopic (exact) mass is 301 g/mol. The third-order valence-corrected chi connectivity index (χ3v) is 5.46. The maximum absolute atomic E-state index is 12.0. The molecule has 1 saturated heterocycles. The zero-order valence-electron chi connectivity index (χ0n) is 10.6. The van der Waals surface area contributed by atoms with Gasteiger partial charge in [0.25, 0.3) is 5.91 Å². The molecule has 0 aromatic heterocycles. The van der Waals surface area contributed by atoms with Crippen molar-refractivity contribution < 1.29 is 13.2 Å². The van der Waals surface area contributed by atoms with Gasteiger partial charge in [0.05, 0.1) is 11.5 Å². The Kier molecular flexibility index (Phi) is 4.16. The largest absolute Gasteiger partial charge is 0.348 e. The molecule has 1 aromatic rings. The molecule has 1 aliphatic heterocycles. The van der Waals surface area contributed by atoms with Crippen molar-refractivity contribution >= 4 is 27.3 Å². The summed E-state index contributed by atoms with van der Waals surface area (Å²) in [6, 6.07) is 4.76. The van der Waals surface area contributed by atoms with Crippen LogP contribution in [0.2, 0.25) is 5.02 Å². The third-order valence-electron chi connectivity index (χ3n) is 3.23. The van der Waals surface area contributed by atoms with Gasteiger partial charge in [0.15, 0.2) is 9.84 Å². The summed E-state index contributed by atoms with van der Waals surface area (Å²) in [4.78, 5) is 12.0. The van der Waals surface area contributed by atoms with Gasteiger partial charge in [-0.05, 0) is 37.5 Å². The van der Waals surface area contributed by atoms with Gasteiger partial charge in [0.2, 0.25) is 0 Å². The number of hydrogen-bond donors (Lipinski definition) is 1. The average molecular weight is 302 g/mol. The van der Waals surface area contributed by atoms with Crippen LogP contribution in [-0.4, -0.2) is 31.9 Å². The van der Waals surface area contributed by atoms with Crippen LogP contribution in [0.3, 0.4) is 0 Å². The van der Waals surface area contributed by atoms with Crippen LogP contribution in [-0.2, 0) is 9.84 Å². The minimum Gasteiger partial charge on any atom is -0.348 e. The zero-order chi connectivity index (χ0) is 14.0. The fraction of sp³-hybridized carbons (Fsp3) is 0.462. The Bertz CT molecular complexity index is 598. The van der Waals surface area contributed by atoms with Crippen LogP contribution in [0.25, 0.3) is 0 Å². The number of halogens is 1. The van der Waals surface area contributed by atoms with Crippen LogP contribution < -0.4 is 5.32 Å². The molecule has 1 amide bonds. The molecule has 0 spiro atoms. The maximum Gasteiger partial charge on any atom is 0.251 e. The Balaban J connectivity index is 2.06. The van der Waals surface area contributed by atoms with E-state index in [0.29, 0.717) is 23.4 Å². The highest BCUT2D eigenvalue weighted by Crippen LogP contribution is 2.17. The molecule has 1 N–H and O–H groups in total. The second-order valence-corrected chi connectivity index (χ2v) is 7.53. The molecule has 0 bridgehead atoms. The average Bonchev–Trinajstić information content (AvgIpc) is 2.31. The predicted octanol–water partition coefficient (Wildman–Crippen LogP) is 1.96. The van der Waals surface area contributed by atoms with E-state index in [9.17, 15) is 13.2 Å². The standard InChI is InChI=1S/C13H16ClNO3S/c1-9-4-5-10(7-12(9)14)13(16)15-11-3-2-6-19(17,18)8-11/h4-5,7,11H,2-3,6,8H2,1H3,(H,15,16)/t11-/m1/s1. The van der Waals surface area contributed by atoms with Crippen molar-refractivity contribution in [2.45, 2.75) is 25.8 Å². The molecule has 1 fully saturated rings. The number of nitrogens with one attached hydrogen (secondary N) is 1. The van der Waals surface area contributed by atoms with Gasteiger partial charge in [-0.15, -0.1) is 0 Å². The number of hydrogen-bond acceptors (Lipinski definition) is 3. The van der Waals surface area contributed by atoms with Crippen LogP contribution in [0.15, 0.2) is 18.2 Å². The number of rotatable bonds is 2. The van der Waals surface area contributed by atoms with Gasteiger partial charge in [-0.25, -0.2) is 8.42 Å². The van der Waals surface area contributed by atoms with E-state index in [-0.39, 0.29) is 23.5 Å². The van der Waals surface area contributed by atoms with Crippen molar-refractivity contribution in [2.24, 2.45) is 0 Å². The molecule has 0 radical (unpaired) electrons. The quantitative estimate of drug-likeness (QED) is 0.908. The van der Waals surface area contributed by atoms with E-state index >= 15 is 0 Å². The number of sulfone groups is 1. The van der Waals surface area contributed by atoms with Crippen molar-refractivity contribution in [3.8, 4) is 0 Å². The topological polar surface area (TPSA) is 63.2 Å². The first-order valence-electron chi connectivity index (χ1n) is 6.15. The summed E-state index contributed by atoms with van der Waals surface area (Å²) in [5.74, 6) is -0.0300. The Morgan fingerprint density at radius 1 is 1.42 bits per heavy atom. The molecule has 4 nitrogen and oxygen atoms in total. The predicted molar refractivity (Wildman–Crippen MR) is 75.3 cm³/mol. The lowest BCUT2D eigenvalue weighted by atomic mass is 10.1. The van der Waals surface area contributed by atoms with Gasteiger partial charge in [-0.2, -0.15) is 0 Å². The molecular weight excluding hydrogens is 286 g/mol. The molecule has 1 aromatic carbocycles. The minimum absolute atomic E-state index is 0.0261. The molecule has 1 atom stereocenters. The SMILES string of the molecule is Cc1ccc(C(=O)N[C@@H]2CCCS(=O)(=O)C2)cc1Cl. The zero-order valence-corrected chi connectivity index (χ0v) is 12.2. The van der Waals surface area contributed by atoms with Gasteiger partial charge in [-0.3, -0.25) is 4.79 Å². The minimum atomic E-state index is -3.02. The molecule has 6 heteroatoms. The van der Waals surface area contributed by atoms with Crippen molar-refractivity contribution in [3.63, 3.8) is 0 Å². The van der Waals surface area contributed by atoms with Crippen LogP contribution in [0.4, 0.5) is 0 Å². The molecule has 19 heavy (non-hydrogen) atoms. The van der Waals surface area contributed by atoms with E-state index < -0.39 is 9.84 Å². The lowest BCUT2D eigenvalue weighted by molar-refractivity contribution is 0.0938. The highest BCUT2D eigenvalue weighted by molar-refractivity contribution is 7.91. The van der Waals surface area contributed by atoms with E-state index in [1.54, 1.807) is 18.2 Å². The lowest BCUT2D eigenvalue weighted by Gasteiger charge is -2.23. The summed E-state index contributed by atoms with van der Waals surface area (Å²) in [6.45, 7) is 1.86. The van der Waals surface area contributed by atoms with Crippen LogP contribution in [0.1, 0.15) is 28.8 Å². The number of benzene rings is 1. The lowest BCUT2D eigenvalue weighted by Crippen LogP contribution is -2.43. The number of amides is 1. The highest BCUT2D eigenvalue weighted by atomic mass is 35.5. The van der Waals surface area contributed by atoms with Crippen LogP contribution >= 0.6 is 11.6 Å². The molecule has 1 aliphatic rings. The van der Waals surface area contributed by atoms with Crippen molar-refractivity contribution in [1.82, 2.24) is 5.32 Å². The first kappa shape index (κ1) is 14.3. The van der Waals surface area contributed by atoms with Gasteiger partial charge >= 0.3 is 0 Å².